The van der Waals surface area contributed by atoms with Gasteiger partial charge in [-0.3, -0.25) is 68.2 Å². The molecule has 15 heterocycles. The maximum absolute atomic E-state index is 13.1. The van der Waals surface area contributed by atoms with Gasteiger partial charge in [-0.15, -0.1) is 11.3 Å². The SMILES string of the molecule is C=Cc1ccnc(-c2cccn2C(=O)OC(C)(C)C)c1.C=Cc1nc(-c2ccsc2)ccc1F.CC(F)(F)c1ccc(-c2cc(C=O)ccn2)s1.CC(F)(F)c1ccc(-c2ncccc2C=O)cc1.O=Cc1cccnc1-c1cc2ccccc2o1.O=Cc1ccnc(-c2ccco2)c1.O=Cc1ccnc(-c2ccoc2)c1.O=Cc1ccnc(-c2ccsc2)c1. The van der Waals surface area contributed by atoms with E-state index in [4.69, 9.17) is 18.0 Å². The summed E-state index contributed by atoms with van der Waals surface area (Å²) in [6.45, 7) is 14.5. The van der Waals surface area contributed by atoms with Crippen molar-refractivity contribution in [3.05, 3.63) is 370 Å². The van der Waals surface area contributed by atoms with Crippen molar-refractivity contribution in [1.82, 2.24) is 44.4 Å². The van der Waals surface area contributed by atoms with Crippen molar-refractivity contribution in [2.45, 2.75) is 52.1 Å². The first-order chi connectivity index (χ1) is 60.3. The Morgan fingerprint density at radius 2 is 1.01 bits per heavy atom. The lowest BCUT2D eigenvalue weighted by Crippen LogP contribution is -2.27. The molecule has 0 fully saturated rings. The van der Waals surface area contributed by atoms with Gasteiger partial charge >= 0.3 is 6.09 Å². The molecule has 0 unspecified atom stereocenters. The Morgan fingerprint density at radius 3 is 1.54 bits per heavy atom. The Morgan fingerprint density at radius 1 is 0.456 bits per heavy atom. The Bertz CT molecular complexity index is 6190. The van der Waals surface area contributed by atoms with Crippen LogP contribution in [0.5, 0.6) is 0 Å². The summed E-state index contributed by atoms with van der Waals surface area (Å²) >= 11 is 4.20. The molecule has 2 aromatic carbocycles. The summed E-state index contributed by atoms with van der Waals surface area (Å²) in [6.07, 6.45) is 25.0. The molecule has 20 nitrogen and oxygen atoms in total. The molecular weight excluding hydrogens is 1660 g/mol. The van der Waals surface area contributed by atoms with Crippen molar-refractivity contribution in [3.63, 3.8) is 0 Å². The van der Waals surface area contributed by atoms with Crippen LogP contribution in [0, 0.1) is 5.82 Å². The molecule has 0 aliphatic carbocycles. The third-order valence-corrected chi connectivity index (χ3v) is 19.8. The first-order valence-electron chi connectivity index (χ1n) is 37.6. The molecule has 0 aliphatic heterocycles. The molecule has 125 heavy (non-hydrogen) atoms. The minimum Gasteiger partial charge on any atom is -0.472 e. The normalized spacial score (nSPS) is 10.6. The van der Waals surface area contributed by atoms with Crippen molar-refractivity contribution in [2.75, 3.05) is 0 Å². The lowest BCUT2D eigenvalue weighted by Gasteiger charge is -2.20. The fourth-order valence-corrected chi connectivity index (χ4v) is 13.3. The van der Waals surface area contributed by atoms with Crippen LogP contribution in [0.4, 0.5) is 26.7 Å². The molecule has 0 radical (unpaired) electrons. The molecule has 0 atom stereocenters. The van der Waals surface area contributed by atoms with Crippen LogP contribution in [0.1, 0.15) is 118 Å². The summed E-state index contributed by atoms with van der Waals surface area (Å²) in [6, 6.07) is 58.2. The Labute approximate surface area is 726 Å². The molecule has 17 rings (SSSR count). The number of thiophene rings is 3. The van der Waals surface area contributed by atoms with Gasteiger partial charge in [0.15, 0.2) is 24.1 Å². The number of pyridine rings is 8. The first kappa shape index (κ1) is 92.0. The number of halogens is 5. The monoisotopic (exact) mass is 1730 g/mol. The smallest absolute Gasteiger partial charge is 0.419 e. The third kappa shape index (κ3) is 26.9. The molecule has 0 spiro atoms. The van der Waals surface area contributed by atoms with Crippen LogP contribution in [0.3, 0.4) is 0 Å². The van der Waals surface area contributed by atoms with E-state index in [1.54, 1.807) is 212 Å². The van der Waals surface area contributed by atoms with Crippen molar-refractivity contribution in [3.8, 4) is 89.9 Å². The topological polar surface area (TPSA) is 276 Å². The number of aldehydes is 6. The van der Waals surface area contributed by atoms with Crippen molar-refractivity contribution < 1.29 is 73.5 Å². The highest BCUT2D eigenvalue weighted by Gasteiger charge is 2.28. The lowest BCUT2D eigenvalue weighted by atomic mass is 10.0. The van der Waals surface area contributed by atoms with Crippen LogP contribution in [0.25, 0.3) is 113 Å². The van der Waals surface area contributed by atoms with E-state index < -0.39 is 23.5 Å². The summed E-state index contributed by atoms with van der Waals surface area (Å²) in [4.78, 5) is 110. The van der Waals surface area contributed by atoms with Gasteiger partial charge in [-0.25, -0.2) is 31.7 Å². The van der Waals surface area contributed by atoms with E-state index >= 15 is 0 Å². The molecule has 0 saturated carbocycles. The average molecular weight is 1730 g/mol. The second-order valence-electron chi connectivity index (χ2n) is 27.4. The standard InChI is InChI=1S/C16H18N2O2.C14H11F2NO.C14H9NO2.C12H9F2NOS.C11H8FNS.2C10H7NO2.C10H7NOS/c1-5-12-8-9-17-13(11-12)14-7-6-10-18(14)15(19)20-16(2,3)4;1-14(15,16)12-6-4-10(5-7-12)13-11(9-18)3-2-8-17-13;16-9-11-5-3-7-15-14(11)13-8-10-4-1-2-6-12(10)17-13;1-12(13,14)11-3-2-10(17-11)9-6-8(7-16)4-5-15-9;1-2-10-9(12)3-4-11(13-10)8-5-6-14-7-8;12-6-8-1-3-11-10(5-8)9-2-4-13-7-9;12-7-8-3-4-11-9(6-8)10-2-1-5-13-10;12-6-8-1-3-11-10(5-8)9-2-4-13-7-9/h5-11H,1H2,2-4H3;2-9H,1H3;1-9H;2-7H,1H3;2-7H,1H2;3*1-7H. The number of fused-ring (bicyclic) bond motifs is 1. The molecule has 17 aromatic rings. The molecule has 628 valence electrons. The highest BCUT2D eigenvalue weighted by molar-refractivity contribution is 7.15. The molecule has 0 bridgehead atoms. The van der Waals surface area contributed by atoms with Gasteiger partial charge in [-0.1, -0.05) is 61.7 Å². The number of rotatable bonds is 18. The van der Waals surface area contributed by atoms with Gasteiger partial charge in [0.25, 0.3) is 11.8 Å². The summed E-state index contributed by atoms with van der Waals surface area (Å²) in [7, 11) is 0. The fraction of sp³-hybridized carbons (Fsp3) is 0.0825. The maximum Gasteiger partial charge on any atom is 0.419 e. The van der Waals surface area contributed by atoms with Crippen LogP contribution in [0.15, 0.2) is 323 Å². The van der Waals surface area contributed by atoms with E-state index in [-0.39, 0.29) is 16.3 Å². The quantitative estimate of drug-likeness (QED) is 0.0570. The number of benzene rings is 2. The second-order valence-corrected chi connectivity index (χ2v) is 30.0. The summed E-state index contributed by atoms with van der Waals surface area (Å²) in [5.41, 5.74) is 14.5. The van der Waals surface area contributed by atoms with E-state index in [2.05, 4.69) is 53.0 Å². The second kappa shape index (κ2) is 44.9. The lowest BCUT2D eigenvalue weighted by molar-refractivity contribution is 0.0173. The molecule has 0 amide bonds. The highest BCUT2D eigenvalue weighted by atomic mass is 32.1. The van der Waals surface area contributed by atoms with Crippen molar-refractivity contribution in [1.29, 1.82) is 0 Å². The maximum atomic E-state index is 13.1. The summed E-state index contributed by atoms with van der Waals surface area (Å²) in [5.74, 6) is -4.75. The van der Waals surface area contributed by atoms with Crippen LogP contribution in [0.2, 0.25) is 0 Å². The number of furan rings is 3. The number of hydrogen-bond donors (Lipinski definition) is 0. The number of aromatic nitrogens is 9. The number of para-hydroxylation sites is 1. The Kier molecular flexibility index (Phi) is 33.0. The van der Waals surface area contributed by atoms with Crippen LogP contribution in [-0.4, -0.2) is 93.9 Å². The fourth-order valence-electron chi connectivity index (χ4n) is 11.1. The van der Waals surface area contributed by atoms with Gasteiger partial charge in [0.1, 0.15) is 53.5 Å². The van der Waals surface area contributed by atoms with E-state index in [1.807, 2.05) is 103 Å². The van der Waals surface area contributed by atoms with Gasteiger partial charge in [-0.05, 0) is 207 Å². The minimum absolute atomic E-state index is 0.00851. The predicted molar refractivity (Wildman–Crippen MR) is 477 cm³/mol. The summed E-state index contributed by atoms with van der Waals surface area (Å²) in [5, 5.41) is 8.95. The number of carbonyl (C=O) groups is 7. The number of nitrogens with zero attached hydrogens (tertiary/aromatic N) is 9. The van der Waals surface area contributed by atoms with Crippen LogP contribution >= 0.6 is 34.0 Å². The van der Waals surface area contributed by atoms with E-state index in [0.717, 1.165) is 101 Å². The van der Waals surface area contributed by atoms with Crippen molar-refractivity contribution >= 4 is 101 Å². The van der Waals surface area contributed by atoms with Crippen LogP contribution < -0.4 is 0 Å². The van der Waals surface area contributed by atoms with Gasteiger partial charge in [0.2, 0.25) is 0 Å². The molecule has 0 saturated heterocycles. The average Bonchev–Trinajstić information content (AvgIpc) is 1.67. The number of carbonyl (C=O) groups excluding carboxylic acids is 7. The molecule has 15 aromatic heterocycles. The molecule has 28 heteroatoms. The number of hydrogen-bond acceptors (Lipinski definition) is 22. The highest BCUT2D eigenvalue weighted by Crippen LogP contribution is 2.38. The Balaban J connectivity index is 0.000000150. The zero-order chi connectivity index (χ0) is 89.3. The van der Waals surface area contributed by atoms with Crippen LogP contribution in [-0.2, 0) is 16.6 Å². The van der Waals surface area contributed by atoms with E-state index in [9.17, 15) is 55.5 Å². The predicted octanol–water partition coefficient (Wildman–Crippen LogP) is 25.2. The van der Waals surface area contributed by atoms with Gasteiger partial charge < -0.3 is 18.0 Å². The minimum atomic E-state index is -2.86. The molecule has 0 aliphatic rings. The summed E-state index contributed by atoms with van der Waals surface area (Å²) < 4.78 is 87.9. The molecular formula is C97H76F5N9O11S3. The Hall–Kier alpha value is -15.3. The third-order valence-electron chi connectivity index (χ3n) is 17.1. The van der Waals surface area contributed by atoms with Gasteiger partial charge in [0, 0.05) is 141 Å². The molecule has 0 N–H and O–H groups in total. The zero-order valence-corrected chi connectivity index (χ0v) is 69.9. The van der Waals surface area contributed by atoms with Crippen molar-refractivity contribution in [2.24, 2.45) is 0 Å². The number of ether oxygens (including phenoxy) is 1. The van der Waals surface area contributed by atoms with E-state index in [0.29, 0.717) is 108 Å². The van der Waals surface area contributed by atoms with Gasteiger partial charge in [-0.2, -0.15) is 22.7 Å². The zero-order valence-electron chi connectivity index (χ0n) is 67.5. The van der Waals surface area contributed by atoms with E-state index in [1.165, 1.54) is 41.1 Å². The first-order valence-corrected chi connectivity index (χ1v) is 40.3. The largest absolute Gasteiger partial charge is 0.472 e. The van der Waals surface area contributed by atoms with Gasteiger partial charge in [0.05, 0.1) is 74.1 Å². The number of alkyl halides is 4.